The first-order valence-electron chi connectivity index (χ1n) is 4.92. The molecule has 0 aliphatic carbocycles. The van der Waals surface area contributed by atoms with E-state index in [9.17, 15) is 18.0 Å². The van der Waals surface area contributed by atoms with E-state index in [0.29, 0.717) is 6.07 Å². The van der Waals surface area contributed by atoms with Gasteiger partial charge in [0.15, 0.2) is 5.75 Å². The van der Waals surface area contributed by atoms with Crippen LogP contribution >= 0.6 is 0 Å². The van der Waals surface area contributed by atoms with Crippen LogP contribution in [0.4, 0.5) is 19.0 Å². The monoisotopic (exact) mass is 275 g/mol. The van der Waals surface area contributed by atoms with Crippen molar-refractivity contribution < 1.29 is 27.4 Å². The van der Waals surface area contributed by atoms with Gasteiger partial charge >= 0.3 is 12.3 Å². The molecule has 1 rings (SSSR count). The Morgan fingerprint density at radius 3 is 2.68 bits per heavy atom. The van der Waals surface area contributed by atoms with E-state index in [0.717, 1.165) is 0 Å². The molecule has 2 N–H and O–H groups in total. The van der Waals surface area contributed by atoms with E-state index in [1.165, 1.54) is 13.0 Å². The minimum Gasteiger partial charge on any atom is -0.462 e. The fourth-order valence-corrected chi connectivity index (χ4v) is 1.21. The van der Waals surface area contributed by atoms with Gasteiger partial charge in [0.05, 0.1) is 6.61 Å². The first-order valence-corrected chi connectivity index (χ1v) is 4.92. The zero-order chi connectivity index (χ0) is 14.6. The third kappa shape index (κ3) is 3.74. The minimum absolute atomic E-state index is 0.0657. The summed E-state index contributed by atoms with van der Waals surface area (Å²) in [6, 6.07) is 2.16. The summed E-state index contributed by atoms with van der Waals surface area (Å²) < 4.78 is 44.9. The molecule has 0 aliphatic heterocycles. The number of aromatic nitrogens is 1. The molecule has 19 heavy (non-hydrogen) atoms. The minimum atomic E-state index is -5.04. The zero-order valence-corrected chi connectivity index (χ0v) is 9.61. The Balaban J connectivity index is 3.34. The molecule has 1 aromatic heterocycles. The van der Waals surface area contributed by atoms with Crippen LogP contribution in [0.1, 0.15) is 23.0 Å². The summed E-state index contributed by atoms with van der Waals surface area (Å²) in [7, 11) is 0. The van der Waals surface area contributed by atoms with Gasteiger partial charge in [-0.3, -0.25) is 0 Å². The van der Waals surface area contributed by atoms with Crippen molar-refractivity contribution in [1.82, 2.24) is 4.98 Å². The van der Waals surface area contributed by atoms with Gasteiger partial charge in [0.25, 0.3) is 0 Å². The molecule has 0 saturated heterocycles. The lowest BCUT2D eigenvalue weighted by molar-refractivity contribution is -0.274. The van der Waals surface area contributed by atoms with Gasteiger partial charge < -0.3 is 15.2 Å². The molecule has 1 aromatic rings. The maximum absolute atomic E-state index is 12.2. The third-order valence-electron chi connectivity index (χ3n) is 1.83. The summed E-state index contributed by atoms with van der Waals surface area (Å²) in [5, 5.41) is 8.60. The van der Waals surface area contributed by atoms with Crippen molar-refractivity contribution in [3.63, 3.8) is 0 Å². The molecule has 0 radical (unpaired) electrons. The standard InChI is InChI=1S/C10H8F3N3O3/c1-2-18-9(17)7-6(19-10(11,12)13)3-5(4-14)16-8(7)15/h3H,2H2,1H3,(H2,15,16). The van der Waals surface area contributed by atoms with Gasteiger partial charge in [-0.1, -0.05) is 0 Å². The predicted molar refractivity (Wildman–Crippen MR) is 56.0 cm³/mol. The van der Waals surface area contributed by atoms with Crippen LogP contribution in [-0.2, 0) is 4.74 Å². The van der Waals surface area contributed by atoms with Crippen LogP contribution in [0.25, 0.3) is 0 Å². The van der Waals surface area contributed by atoms with Gasteiger partial charge in [-0.2, -0.15) is 5.26 Å². The zero-order valence-electron chi connectivity index (χ0n) is 9.61. The average molecular weight is 275 g/mol. The molecule has 102 valence electrons. The van der Waals surface area contributed by atoms with Gasteiger partial charge in [-0.25, -0.2) is 9.78 Å². The first kappa shape index (κ1) is 14.6. The van der Waals surface area contributed by atoms with Crippen molar-refractivity contribution in [3.05, 3.63) is 17.3 Å². The van der Waals surface area contributed by atoms with E-state index in [1.54, 1.807) is 0 Å². The largest absolute Gasteiger partial charge is 0.573 e. The molecule has 1 heterocycles. The van der Waals surface area contributed by atoms with Crippen molar-refractivity contribution in [2.75, 3.05) is 12.3 Å². The highest BCUT2D eigenvalue weighted by Crippen LogP contribution is 2.30. The highest BCUT2D eigenvalue weighted by molar-refractivity contribution is 5.97. The molecular formula is C10H8F3N3O3. The second-order valence-electron chi connectivity index (χ2n) is 3.15. The Labute approximate surface area is 105 Å². The number of halogens is 3. The van der Waals surface area contributed by atoms with Gasteiger partial charge in [-0.15, -0.1) is 13.2 Å². The van der Waals surface area contributed by atoms with Gasteiger partial charge in [0, 0.05) is 6.07 Å². The number of carbonyl (C=O) groups is 1. The van der Waals surface area contributed by atoms with Crippen LogP contribution in [0.3, 0.4) is 0 Å². The van der Waals surface area contributed by atoms with Crippen LogP contribution < -0.4 is 10.5 Å². The van der Waals surface area contributed by atoms with Gasteiger partial charge in [0.1, 0.15) is 23.1 Å². The Morgan fingerprint density at radius 2 is 2.21 bits per heavy atom. The van der Waals surface area contributed by atoms with Crippen LogP contribution in [0, 0.1) is 11.3 Å². The average Bonchev–Trinajstić information content (AvgIpc) is 2.26. The topological polar surface area (TPSA) is 98.2 Å². The van der Waals surface area contributed by atoms with Crippen LogP contribution in [-0.4, -0.2) is 23.9 Å². The maximum atomic E-state index is 12.2. The molecule has 0 aliphatic rings. The van der Waals surface area contributed by atoms with Gasteiger partial charge in [-0.05, 0) is 6.92 Å². The molecule has 0 spiro atoms. The number of hydrogen-bond donors (Lipinski definition) is 1. The molecular weight excluding hydrogens is 267 g/mol. The van der Waals surface area contributed by atoms with Crippen molar-refractivity contribution >= 4 is 11.8 Å². The number of nitrogens with zero attached hydrogens (tertiary/aromatic N) is 2. The summed E-state index contributed by atoms with van der Waals surface area (Å²) in [5.41, 5.74) is 4.26. The van der Waals surface area contributed by atoms with E-state index in [4.69, 9.17) is 11.0 Å². The lowest BCUT2D eigenvalue weighted by Gasteiger charge is -2.13. The number of nitriles is 1. The second-order valence-corrected chi connectivity index (χ2v) is 3.15. The normalized spacial score (nSPS) is 10.7. The number of ether oxygens (including phenoxy) is 2. The van der Waals surface area contributed by atoms with E-state index in [1.807, 2.05) is 0 Å². The highest BCUT2D eigenvalue weighted by atomic mass is 19.4. The smallest absolute Gasteiger partial charge is 0.462 e. The van der Waals surface area contributed by atoms with E-state index >= 15 is 0 Å². The fraction of sp³-hybridized carbons (Fsp3) is 0.300. The van der Waals surface area contributed by atoms with Crippen molar-refractivity contribution in [2.45, 2.75) is 13.3 Å². The number of pyridine rings is 1. The van der Waals surface area contributed by atoms with Crippen molar-refractivity contribution in [2.24, 2.45) is 0 Å². The fourth-order valence-electron chi connectivity index (χ4n) is 1.21. The number of nitrogen functional groups attached to an aromatic ring is 1. The highest BCUT2D eigenvalue weighted by Gasteiger charge is 2.34. The summed E-state index contributed by atoms with van der Waals surface area (Å²) >= 11 is 0. The second kappa shape index (κ2) is 5.43. The Bertz CT molecular complexity index is 537. The molecule has 0 amide bonds. The number of esters is 1. The molecule has 0 unspecified atom stereocenters. The summed E-state index contributed by atoms with van der Waals surface area (Å²) in [6.45, 7) is 1.40. The van der Waals surface area contributed by atoms with Crippen molar-refractivity contribution in [1.29, 1.82) is 5.26 Å². The summed E-state index contributed by atoms with van der Waals surface area (Å²) in [4.78, 5) is 15.0. The Kier molecular flexibility index (Phi) is 4.16. The molecule has 6 nitrogen and oxygen atoms in total. The van der Waals surface area contributed by atoms with E-state index in [2.05, 4.69) is 14.5 Å². The van der Waals surface area contributed by atoms with Crippen molar-refractivity contribution in [3.8, 4) is 11.8 Å². The molecule has 0 fully saturated rings. The maximum Gasteiger partial charge on any atom is 0.573 e. The molecule has 0 atom stereocenters. The molecule has 0 bridgehead atoms. The number of carbonyl (C=O) groups excluding carboxylic acids is 1. The van der Waals surface area contributed by atoms with Crippen LogP contribution in [0.2, 0.25) is 0 Å². The number of hydrogen-bond acceptors (Lipinski definition) is 6. The van der Waals surface area contributed by atoms with Crippen LogP contribution in [0.15, 0.2) is 6.07 Å². The molecule has 0 saturated carbocycles. The quantitative estimate of drug-likeness (QED) is 0.841. The van der Waals surface area contributed by atoms with E-state index < -0.39 is 35.2 Å². The van der Waals surface area contributed by atoms with Crippen LogP contribution in [0.5, 0.6) is 5.75 Å². The molecule has 9 heteroatoms. The summed E-state index contributed by atoms with van der Waals surface area (Å²) in [6.07, 6.45) is -5.04. The lowest BCUT2D eigenvalue weighted by atomic mass is 10.2. The summed E-state index contributed by atoms with van der Waals surface area (Å²) in [5.74, 6) is -2.61. The lowest BCUT2D eigenvalue weighted by Crippen LogP contribution is -2.21. The first-order chi connectivity index (χ1) is 8.78. The Hall–Kier alpha value is -2.50. The number of anilines is 1. The SMILES string of the molecule is CCOC(=O)c1c(OC(F)(F)F)cc(C#N)nc1N. The third-order valence-corrected chi connectivity index (χ3v) is 1.83. The van der Waals surface area contributed by atoms with Gasteiger partial charge in [0.2, 0.25) is 0 Å². The van der Waals surface area contributed by atoms with E-state index in [-0.39, 0.29) is 6.61 Å². The number of nitrogens with two attached hydrogens (primary N) is 1. The molecule has 0 aromatic carbocycles. The Morgan fingerprint density at radius 1 is 1.58 bits per heavy atom. The number of rotatable bonds is 3. The predicted octanol–water partition coefficient (Wildman–Crippen LogP) is 1.61. The number of alkyl halides is 3.